The molecule has 0 fully saturated rings. The summed E-state index contributed by atoms with van der Waals surface area (Å²) in [6.07, 6.45) is 6.76. The van der Waals surface area contributed by atoms with Gasteiger partial charge in [0.05, 0.1) is 10.7 Å². The van der Waals surface area contributed by atoms with Gasteiger partial charge in [-0.05, 0) is 39.8 Å². The van der Waals surface area contributed by atoms with E-state index in [4.69, 9.17) is 0 Å². The lowest BCUT2D eigenvalue weighted by molar-refractivity contribution is 0.676. The molecule has 0 aliphatic carbocycles. The number of hydrogen-bond acceptors (Lipinski definition) is 3. The van der Waals surface area contributed by atoms with E-state index in [0.29, 0.717) is 0 Å². The van der Waals surface area contributed by atoms with Gasteiger partial charge in [-0.25, -0.2) is 9.67 Å². The van der Waals surface area contributed by atoms with Gasteiger partial charge in [-0.3, -0.25) is 0 Å². The zero-order valence-electron chi connectivity index (χ0n) is 11.9. The lowest BCUT2D eigenvalue weighted by atomic mass is 10.1. The normalized spacial score (nSPS) is 11.1. The number of nitrogens with one attached hydrogen (secondary N) is 1. The molecule has 0 aliphatic rings. The molecule has 0 bridgehead atoms. The van der Waals surface area contributed by atoms with Gasteiger partial charge in [0.2, 0.25) is 0 Å². The Kier molecular flexibility index (Phi) is 4.31. The van der Waals surface area contributed by atoms with Gasteiger partial charge in [-0.2, -0.15) is 5.10 Å². The molecule has 0 atom stereocenters. The second kappa shape index (κ2) is 6.37. The van der Waals surface area contributed by atoms with Crippen LogP contribution in [0.25, 0.3) is 16.6 Å². The fourth-order valence-corrected chi connectivity index (χ4v) is 2.66. The first-order valence-corrected chi connectivity index (χ1v) is 7.86. The third-order valence-electron chi connectivity index (χ3n) is 3.37. The van der Waals surface area contributed by atoms with Crippen molar-refractivity contribution in [3.63, 3.8) is 0 Å². The summed E-state index contributed by atoms with van der Waals surface area (Å²) >= 11 is 3.43. The summed E-state index contributed by atoms with van der Waals surface area (Å²) in [5.74, 6) is 0.857. The fourth-order valence-electron chi connectivity index (χ4n) is 2.38. The number of pyridine rings is 1. The SMILES string of the molecule is CCCNCc1cnc(-n2cc(Br)cn2)c2ccccc12. The zero-order chi connectivity index (χ0) is 14.7. The number of halogens is 1. The highest BCUT2D eigenvalue weighted by molar-refractivity contribution is 9.10. The van der Waals surface area contributed by atoms with Crippen LogP contribution in [0, 0.1) is 0 Å². The molecular weight excluding hydrogens is 328 g/mol. The zero-order valence-corrected chi connectivity index (χ0v) is 13.5. The van der Waals surface area contributed by atoms with E-state index in [-0.39, 0.29) is 0 Å². The molecule has 1 N–H and O–H groups in total. The summed E-state index contributed by atoms with van der Waals surface area (Å²) in [5, 5.41) is 10.1. The van der Waals surface area contributed by atoms with E-state index < -0.39 is 0 Å². The van der Waals surface area contributed by atoms with E-state index in [1.807, 2.05) is 18.5 Å². The van der Waals surface area contributed by atoms with E-state index in [2.05, 4.69) is 56.5 Å². The molecule has 5 heteroatoms. The van der Waals surface area contributed by atoms with Crippen LogP contribution in [0.2, 0.25) is 0 Å². The molecule has 0 amide bonds. The molecule has 108 valence electrons. The van der Waals surface area contributed by atoms with E-state index in [1.165, 1.54) is 10.9 Å². The van der Waals surface area contributed by atoms with Gasteiger partial charge in [0.1, 0.15) is 0 Å². The number of aromatic nitrogens is 3. The average Bonchev–Trinajstić information content (AvgIpc) is 2.94. The van der Waals surface area contributed by atoms with Crippen molar-refractivity contribution < 1.29 is 0 Å². The van der Waals surface area contributed by atoms with Gasteiger partial charge >= 0.3 is 0 Å². The van der Waals surface area contributed by atoms with Gasteiger partial charge in [0, 0.05) is 24.3 Å². The number of nitrogens with zero attached hydrogens (tertiary/aromatic N) is 3. The maximum Gasteiger partial charge on any atom is 0.161 e. The second-order valence-electron chi connectivity index (χ2n) is 4.93. The lowest BCUT2D eigenvalue weighted by Gasteiger charge is -2.11. The first-order chi connectivity index (χ1) is 10.3. The van der Waals surface area contributed by atoms with E-state index in [9.17, 15) is 0 Å². The number of hydrogen-bond donors (Lipinski definition) is 1. The van der Waals surface area contributed by atoms with Gasteiger partial charge in [0.25, 0.3) is 0 Å². The van der Waals surface area contributed by atoms with Crippen molar-refractivity contribution in [2.45, 2.75) is 19.9 Å². The van der Waals surface area contributed by atoms with Crippen molar-refractivity contribution in [3.8, 4) is 5.82 Å². The standard InChI is InChI=1S/C16H17BrN4/c1-2-7-18-8-12-9-19-16(21-11-13(17)10-20-21)15-6-4-3-5-14(12)15/h3-6,9-11,18H,2,7-8H2,1H3. The van der Waals surface area contributed by atoms with Crippen molar-refractivity contribution in [2.75, 3.05) is 6.54 Å². The van der Waals surface area contributed by atoms with E-state index >= 15 is 0 Å². The molecule has 0 radical (unpaired) electrons. The molecule has 21 heavy (non-hydrogen) atoms. The monoisotopic (exact) mass is 344 g/mol. The van der Waals surface area contributed by atoms with Crippen molar-refractivity contribution in [1.29, 1.82) is 0 Å². The molecule has 2 heterocycles. The first-order valence-electron chi connectivity index (χ1n) is 7.07. The molecule has 0 spiro atoms. The molecule has 0 aliphatic heterocycles. The van der Waals surface area contributed by atoms with Crippen LogP contribution in [-0.2, 0) is 6.54 Å². The minimum absolute atomic E-state index is 0.838. The van der Waals surface area contributed by atoms with Crippen LogP contribution in [0.5, 0.6) is 0 Å². The van der Waals surface area contributed by atoms with Gasteiger partial charge in [-0.15, -0.1) is 0 Å². The van der Waals surface area contributed by atoms with Crippen molar-refractivity contribution >= 4 is 26.7 Å². The Balaban J connectivity index is 2.06. The quantitative estimate of drug-likeness (QED) is 0.718. The highest BCUT2D eigenvalue weighted by atomic mass is 79.9. The number of fused-ring (bicyclic) bond motifs is 1. The fraction of sp³-hybridized carbons (Fsp3) is 0.250. The Hall–Kier alpha value is -1.72. The number of benzene rings is 1. The Morgan fingerprint density at radius 1 is 1.19 bits per heavy atom. The predicted octanol–water partition coefficient (Wildman–Crippen LogP) is 3.68. The van der Waals surface area contributed by atoms with Crippen LogP contribution in [0.1, 0.15) is 18.9 Å². The third kappa shape index (κ3) is 2.99. The summed E-state index contributed by atoms with van der Waals surface area (Å²) in [4.78, 5) is 4.61. The molecule has 2 aromatic heterocycles. The average molecular weight is 345 g/mol. The lowest BCUT2D eigenvalue weighted by Crippen LogP contribution is -2.14. The van der Waals surface area contributed by atoms with E-state index in [0.717, 1.165) is 35.2 Å². The Labute approximate surface area is 132 Å². The van der Waals surface area contributed by atoms with Crippen molar-refractivity contribution in [2.24, 2.45) is 0 Å². The van der Waals surface area contributed by atoms with Gasteiger partial charge < -0.3 is 5.32 Å². The predicted molar refractivity (Wildman–Crippen MR) is 88.6 cm³/mol. The molecule has 1 aromatic carbocycles. The van der Waals surface area contributed by atoms with Crippen molar-refractivity contribution in [1.82, 2.24) is 20.1 Å². The first kappa shape index (κ1) is 14.2. The topological polar surface area (TPSA) is 42.7 Å². The molecule has 0 saturated carbocycles. The van der Waals surface area contributed by atoms with Crippen molar-refractivity contribution in [3.05, 3.63) is 52.9 Å². The molecular formula is C16H17BrN4. The van der Waals surface area contributed by atoms with Gasteiger partial charge in [0.15, 0.2) is 5.82 Å². The summed E-state index contributed by atoms with van der Waals surface area (Å²) in [7, 11) is 0. The van der Waals surface area contributed by atoms with Crippen LogP contribution < -0.4 is 5.32 Å². The second-order valence-corrected chi connectivity index (χ2v) is 5.85. The highest BCUT2D eigenvalue weighted by Crippen LogP contribution is 2.24. The Morgan fingerprint density at radius 2 is 2.00 bits per heavy atom. The molecule has 0 saturated heterocycles. The van der Waals surface area contributed by atoms with Crippen LogP contribution in [0.3, 0.4) is 0 Å². The highest BCUT2D eigenvalue weighted by Gasteiger charge is 2.09. The van der Waals surface area contributed by atoms with E-state index in [1.54, 1.807) is 10.9 Å². The number of rotatable bonds is 5. The summed E-state index contributed by atoms with van der Waals surface area (Å²) in [5.41, 5.74) is 1.22. The summed E-state index contributed by atoms with van der Waals surface area (Å²) in [6.45, 7) is 4.02. The Morgan fingerprint density at radius 3 is 2.71 bits per heavy atom. The summed E-state index contributed by atoms with van der Waals surface area (Å²) in [6, 6.07) is 8.34. The van der Waals surface area contributed by atoms with Crippen LogP contribution >= 0.6 is 15.9 Å². The molecule has 0 unspecified atom stereocenters. The smallest absolute Gasteiger partial charge is 0.161 e. The van der Waals surface area contributed by atoms with Crippen LogP contribution in [0.15, 0.2) is 47.3 Å². The van der Waals surface area contributed by atoms with Crippen LogP contribution in [0.4, 0.5) is 0 Å². The van der Waals surface area contributed by atoms with Gasteiger partial charge in [-0.1, -0.05) is 31.2 Å². The molecule has 3 rings (SSSR count). The Bertz CT molecular complexity index is 751. The maximum atomic E-state index is 4.61. The minimum Gasteiger partial charge on any atom is -0.313 e. The largest absolute Gasteiger partial charge is 0.313 e. The minimum atomic E-state index is 0.838. The van der Waals surface area contributed by atoms with Crippen LogP contribution in [-0.4, -0.2) is 21.3 Å². The molecule has 4 nitrogen and oxygen atoms in total. The molecule has 3 aromatic rings. The third-order valence-corrected chi connectivity index (χ3v) is 3.78. The summed E-state index contributed by atoms with van der Waals surface area (Å²) < 4.78 is 2.75. The maximum absolute atomic E-state index is 4.61.